The SMILES string of the molecule is O=S(=O)(NC1COc2ccccc21)c1ccc(Cl)nc1. The molecule has 1 aromatic heterocycles. The summed E-state index contributed by atoms with van der Waals surface area (Å²) in [5, 5.41) is 0.249. The largest absolute Gasteiger partial charge is 0.491 e. The summed E-state index contributed by atoms with van der Waals surface area (Å²) in [6.07, 6.45) is 1.23. The molecular weight excluding hydrogens is 300 g/mol. The first-order valence-electron chi connectivity index (χ1n) is 5.92. The zero-order valence-electron chi connectivity index (χ0n) is 10.3. The molecule has 0 spiro atoms. The molecule has 0 saturated heterocycles. The van der Waals surface area contributed by atoms with Crippen molar-refractivity contribution in [2.75, 3.05) is 6.61 Å². The topological polar surface area (TPSA) is 68.3 Å². The molecule has 1 aliphatic rings. The lowest BCUT2D eigenvalue weighted by Crippen LogP contribution is -2.29. The van der Waals surface area contributed by atoms with Gasteiger partial charge in [0.1, 0.15) is 22.4 Å². The van der Waals surface area contributed by atoms with E-state index in [0.717, 1.165) is 5.56 Å². The lowest BCUT2D eigenvalue weighted by atomic mass is 10.1. The average molecular weight is 311 g/mol. The summed E-state index contributed by atoms with van der Waals surface area (Å²) >= 11 is 5.65. The lowest BCUT2D eigenvalue weighted by Gasteiger charge is -2.12. The summed E-state index contributed by atoms with van der Waals surface area (Å²) < 4.78 is 32.6. The normalized spacial score (nSPS) is 17.6. The van der Waals surface area contributed by atoms with E-state index in [-0.39, 0.29) is 16.7 Å². The monoisotopic (exact) mass is 310 g/mol. The fourth-order valence-electron chi connectivity index (χ4n) is 2.04. The molecule has 1 aliphatic heterocycles. The molecule has 3 rings (SSSR count). The Morgan fingerprint density at radius 2 is 2.05 bits per heavy atom. The van der Waals surface area contributed by atoms with E-state index in [1.54, 1.807) is 0 Å². The van der Waals surface area contributed by atoms with Crippen molar-refractivity contribution in [1.82, 2.24) is 9.71 Å². The van der Waals surface area contributed by atoms with Crippen LogP contribution in [-0.2, 0) is 10.0 Å². The van der Waals surface area contributed by atoms with Crippen LogP contribution < -0.4 is 9.46 Å². The number of halogens is 1. The van der Waals surface area contributed by atoms with E-state index in [9.17, 15) is 8.42 Å². The highest BCUT2D eigenvalue weighted by Crippen LogP contribution is 2.32. The van der Waals surface area contributed by atoms with E-state index in [1.807, 2.05) is 24.3 Å². The van der Waals surface area contributed by atoms with Gasteiger partial charge in [-0.3, -0.25) is 0 Å². The Balaban J connectivity index is 1.86. The van der Waals surface area contributed by atoms with Crippen LogP contribution in [0, 0.1) is 0 Å². The molecule has 5 nitrogen and oxygen atoms in total. The van der Waals surface area contributed by atoms with Gasteiger partial charge in [-0.05, 0) is 18.2 Å². The number of hydrogen-bond acceptors (Lipinski definition) is 4. The first-order chi connectivity index (χ1) is 9.56. The van der Waals surface area contributed by atoms with Crippen molar-refractivity contribution < 1.29 is 13.2 Å². The summed E-state index contributed by atoms with van der Waals surface area (Å²) in [5.74, 6) is 0.703. The Labute approximate surface area is 121 Å². The third-order valence-electron chi connectivity index (χ3n) is 3.01. The van der Waals surface area contributed by atoms with Crippen LogP contribution in [0.2, 0.25) is 5.15 Å². The van der Waals surface area contributed by atoms with E-state index in [0.29, 0.717) is 5.75 Å². The summed E-state index contributed by atoms with van der Waals surface area (Å²) in [4.78, 5) is 3.85. The van der Waals surface area contributed by atoms with Gasteiger partial charge in [0.05, 0.1) is 6.04 Å². The third kappa shape index (κ3) is 2.49. The number of rotatable bonds is 3. The fourth-order valence-corrected chi connectivity index (χ4v) is 3.29. The Morgan fingerprint density at radius 1 is 1.25 bits per heavy atom. The molecule has 7 heteroatoms. The van der Waals surface area contributed by atoms with Crippen molar-refractivity contribution in [2.45, 2.75) is 10.9 Å². The minimum atomic E-state index is -3.65. The van der Waals surface area contributed by atoms with E-state index < -0.39 is 16.1 Å². The highest BCUT2D eigenvalue weighted by molar-refractivity contribution is 7.89. The highest BCUT2D eigenvalue weighted by Gasteiger charge is 2.28. The van der Waals surface area contributed by atoms with Crippen molar-refractivity contribution in [3.63, 3.8) is 0 Å². The number of aromatic nitrogens is 1. The van der Waals surface area contributed by atoms with E-state index in [1.165, 1.54) is 18.3 Å². The molecule has 2 heterocycles. The zero-order valence-corrected chi connectivity index (χ0v) is 11.9. The second kappa shape index (κ2) is 5.05. The van der Waals surface area contributed by atoms with Gasteiger partial charge in [-0.25, -0.2) is 18.1 Å². The minimum Gasteiger partial charge on any atom is -0.491 e. The second-order valence-corrected chi connectivity index (χ2v) is 6.44. The van der Waals surface area contributed by atoms with Crippen LogP contribution in [0.1, 0.15) is 11.6 Å². The fraction of sp³-hybridized carbons (Fsp3) is 0.154. The van der Waals surface area contributed by atoms with Crippen LogP contribution in [0.4, 0.5) is 0 Å². The minimum absolute atomic E-state index is 0.0753. The van der Waals surface area contributed by atoms with Gasteiger partial charge in [0, 0.05) is 11.8 Å². The van der Waals surface area contributed by atoms with Gasteiger partial charge >= 0.3 is 0 Å². The zero-order chi connectivity index (χ0) is 14.2. The van der Waals surface area contributed by atoms with Gasteiger partial charge in [0.2, 0.25) is 10.0 Å². The first kappa shape index (κ1) is 13.4. The molecule has 0 saturated carbocycles. The summed E-state index contributed by atoms with van der Waals surface area (Å²) in [7, 11) is -3.65. The number of nitrogens with zero attached hydrogens (tertiary/aromatic N) is 1. The lowest BCUT2D eigenvalue weighted by molar-refractivity contribution is 0.325. The predicted molar refractivity (Wildman–Crippen MR) is 74.2 cm³/mol. The van der Waals surface area contributed by atoms with E-state index in [2.05, 4.69) is 9.71 Å². The van der Waals surface area contributed by atoms with Gasteiger partial charge in [0.25, 0.3) is 0 Å². The number of nitrogens with one attached hydrogen (secondary N) is 1. The van der Waals surface area contributed by atoms with Crippen LogP contribution >= 0.6 is 11.6 Å². The third-order valence-corrected chi connectivity index (χ3v) is 4.69. The van der Waals surface area contributed by atoms with E-state index >= 15 is 0 Å². The highest BCUT2D eigenvalue weighted by atomic mass is 35.5. The number of ether oxygens (including phenoxy) is 1. The van der Waals surface area contributed by atoms with Gasteiger partial charge in [-0.15, -0.1) is 0 Å². The molecule has 104 valence electrons. The quantitative estimate of drug-likeness (QED) is 0.882. The molecule has 2 aromatic rings. The molecule has 1 N–H and O–H groups in total. The molecule has 1 atom stereocenters. The van der Waals surface area contributed by atoms with Crippen molar-refractivity contribution in [3.05, 3.63) is 53.3 Å². The smallest absolute Gasteiger partial charge is 0.242 e. The maximum absolute atomic E-state index is 12.3. The molecule has 0 bridgehead atoms. The number of hydrogen-bond donors (Lipinski definition) is 1. The molecule has 1 aromatic carbocycles. The summed E-state index contributed by atoms with van der Waals surface area (Å²) in [6, 6.07) is 9.81. The van der Waals surface area contributed by atoms with Gasteiger partial charge < -0.3 is 4.74 Å². The number of para-hydroxylation sites is 1. The Kier molecular flexibility index (Phi) is 3.37. The maximum atomic E-state index is 12.3. The maximum Gasteiger partial charge on any atom is 0.242 e. The summed E-state index contributed by atoms with van der Waals surface area (Å²) in [6.45, 7) is 0.277. The molecule has 0 amide bonds. The van der Waals surface area contributed by atoms with Crippen molar-refractivity contribution >= 4 is 21.6 Å². The van der Waals surface area contributed by atoms with Crippen LogP contribution in [0.3, 0.4) is 0 Å². The number of pyridine rings is 1. The van der Waals surface area contributed by atoms with E-state index in [4.69, 9.17) is 16.3 Å². The molecule has 0 aliphatic carbocycles. The molecule has 1 unspecified atom stereocenters. The molecular formula is C13H11ClN2O3S. The van der Waals surface area contributed by atoms with Crippen LogP contribution in [0.5, 0.6) is 5.75 Å². The Morgan fingerprint density at radius 3 is 2.80 bits per heavy atom. The van der Waals surface area contributed by atoms with Crippen molar-refractivity contribution in [3.8, 4) is 5.75 Å². The summed E-state index contributed by atoms with van der Waals surface area (Å²) in [5.41, 5.74) is 0.831. The molecule has 20 heavy (non-hydrogen) atoms. The average Bonchev–Trinajstić information content (AvgIpc) is 2.82. The van der Waals surface area contributed by atoms with Gasteiger partial charge in [-0.2, -0.15) is 0 Å². The first-order valence-corrected chi connectivity index (χ1v) is 7.78. The van der Waals surface area contributed by atoms with Crippen LogP contribution in [0.25, 0.3) is 0 Å². The van der Waals surface area contributed by atoms with Gasteiger partial charge in [-0.1, -0.05) is 29.8 Å². The number of sulfonamides is 1. The number of fused-ring (bicyclic) bond motifs is 1. The van der Waals surface area contributed by atoms with Crippen molar-refractivity contribution in [2.24, 2.45) is 0 Å². The predicted octanol–water partition coefficient (Wildman–Crippen LogP) is 2.15. The standard InChI is InChI=1S/C13H11ClN2O3S/c14-13-6-5-9(7-15-13)20(17,18)16-11-8-19-12-4-2-1-3-10(11)12/h1-7,11,16H,8H2. The van der Waals surface area contributed by atoms with Gasteiger partial charge in [0.15, 0.2) is 0 Å². The van der Waals surface area contributed by atoms with Crippen LogP contribution in [0.15, 0.2) is 47.5 Å². The number of benzene rings is 1. The molecule has 0 fully saturated rings. The van der Waals surface area contributed by atoms with Crippen LogP contribution in [-0.4, -0.2) is 20.0 Å². The second-order valence-electron chi connectivity index (χ2n) is 4.34. The van der Waals surface area contributed by atoms with Crippen molar-refractivity contribution in [1.29, 1.82) is 0 Å². The molecule has 0 radical (unpaired) electrons. The Hall–Kier alpha value is -1.63. The Bertz CT molecular complexity index is 732.